The van der Waals surface area contributed by atoms with Crippen molar-refractivity contribution in [2.24, 2.45) is 0 Å². The van der Waals surface area contributed by atoms with Gasteiger partial charge in [0.15, 0.2) is 0 Å². The van der Waals surface area contributed by atoms with Crippen molar-refractivity contribution in [1.29, 1.82) is 0 Å². The second-order valence-electron chi connectivity index (χ2n) is 3.50. The summed E-state index contributed by atoms with van der Waals surface area (Å²) in [7, 11) is 0. The van der Waals surface area contributed by atoms with Crippen molar-refractivity contribution in [3.8, 4) is 0 Å². The van der Waals surface area contributed by atoms with Gasteiger partial charge < -0.3 is 4.74 Å². The third-order valence-electron chi connectivity index (χ3n) is 2.06. The summed E-state index contributed by atoms with van der Waals surface area (Å²) in [5.41, 5.74) is 0. The van der Waals surface area contributed by atoms with Gasteiger partial charge in [-0.2, -0.15) is 23.5 Å². The summed E-state index contributed by atoms with van der Waals surface area (Å²) < 4.78 is 5.40. The Kier molecular flexibility index (Phi) is 12.5. The Balaban J connectivity index is 3.08. The summed E-state index contributed by atoms with van der Waals surface area (Å²) in [6.07, 6.45) is 1.24. The van der Waals surface area contributed by atoms with Crippen LogP contribution in [0.25, 0.3) is 0 Å². The Morgan fingerprint density at radius 3 is 1.65 bits per heavy atom. The molecule has 0 bridgehead atoms. The maximum atomic E-state index is 11.0. The number of carbonyl (C=O) groups excluding carboxylic acids is 2. The molecule has 0 fully saturated rings. The van der Waals surface area contributed by atoms with Crippen LogP contribution in [-0.2, 0) is 14.3 Å². The van der Waals surface area contributed by atoms with Gasteiger partial charge in [0.05, 0.1) is 24.7 Å². The largest absolute Gasteiger partial charge is 0.380 e. The topological polar surface area (TPSA) is 43.4 Å². The first-order chi connectivity index (χ1) is 8.20. The number of ketones is 2. The van der Waals surface area contributed by atoms with E-state index in [1.807, 2.05) is 13.8 Å². The van der Waals surface area contributed by atoms with Crippen molar-refractivity contribution in [1.82, 2.24) is 0 Å². The second kappa shape index (κ2) is 12.5. The lowest BCUT2D eigenvalue weighted by atomic mass is 10.4. The molecule has 0 aliphatic heterocycles. The van der Waals surface area contributed by atoms with Crippen molar-refractivity contribution in [2.45, 2.75) is 26.7 Å². The van der Waals surface area contributed by atoms with Gasteiger partial charge in [-0.3, -0.25) is 9.59 Å². The Morgan fingerprint density at radius 2 is 1.29 bits per heavy atom. The van der Waals surface area contributed by atoms with Gasteiger partial charge >= 0.3 is 0 Å². The molecular weight excluding hydrogens is 256 g/mol. The SMILES string of the molecule is CCC(=O)CSCCOCCSCC(=O)CC. The fourth-order valence-corrected chi connectivity index (χ4v) is 2.54. The monoisotopic (exact) mass is 278 g/mol. The lowest BCUT2D eigenvalue weighted by Gasteiger charge is -2.03. The fraction of sp³-hybridized carbons (Fsp3) is 0.833. The number of Topliss-reactive ketones (excluding diaryl/α,β-unsaturated/α-hetero) is 2. The minimum absolute atomic E-state index is 0.295. The maximum absolute atomic E-state index is 11.0. The van der Waals surface area contributed by atoms with Crippen molar-refractivity contribution < 1.29 is 14.3 Å². The molecule has 5 heteroatoms. The standard InChI is InChI=1S/C12H22O3S2/c1-3-11(13)9-16-7-5-15-6-8-17-10-12(14)4-2/h3-10H2,1-2H3. The third kappa shape index (κ3) is 12.2. The molecule has 0 saturated heterocycles. The maximum Gasteiger partial charge on any atom is 0.142 e. The van der Waals surface area contributed by atoms with Gasteiger partial charge in [0.1, 0.15) is 11.6 Å². The normalized spacial score (nSPS) is 10.5. The molecule has 0 unspecified atom stereocenters. The van der Waals surface area contributed by atoms with Crippen LogP contribution in [0.1, 0.15) is 26.7 Å². The van der Waals surface area contributed by atoms with Crippen molar-refractivity contribution in [2.75, 3.05) is 36.2 Å². The highest BCUT2D eigenvalue weighted by atomic mass is 32.2. The lowest BCUT2D eigenvalue weighted by Crippen LogP contribution is -2.06. The summed E-state index contributed by atoms with van der Waals surface area (Å²) >= 11 is 3.25. The van der Waals surface area contributed by atoms with Crippen LogP contribution in [0.2, 0.25) is 0 Å². The minimum atomic E-state index is 0.295. The molecule has 0 rings (SSSR count). The molecule has 0 radical (unpaired) electrons. The summed E-state index contributed by atoms with van der Waals surface area (Å²) in [5.74, 6) is 3.51. The number of ether oxygens (including phenoxy) is 1. The number of carbonyl (C=O) groups is 2. The highest BCUT2D eigenvalue weighted by Crippen LogP contribution is 2.03. The van der Waals surface area contributed by atoms with E-state index in [1.54, 1.807) is 23.5 Å². The van der Waals surface area contributed by atoms with Crippen LogP contribution in [0.3, 0.4) is 0 Å². The van der Waals surface area contributed by atoms with E-state index in [-0.39, 0.29) is 0 Å². The Morgan fingerprint density at radius 1 is 0.882 bits per heavy atom. The van der Waals surface area contributed by atoms with E-state index in [0.717, 1.165) is 11.5 Å². The molecule has 0 N–H and O–H groups in total. The van der Waals surface area contributed by atoms with E-state index in [2.05, 4.69) is 0 Å². The summed E-state index contributed by atoms with van der Waals surface area (Å²) in [5, 5.41) is 0. The molecule has 100 valence electrons. The van der Waals surface area contributed by atoms with Crippen LogP contribution in [0.4, 0.5) is 0 Å². The number of hydrogen-bond donors (Lipinski definition) is 0. The highest BCUT2D eigenvalue weighted by Gasteiger charge is 1.99. The Labute approximate surface area is 112 Å². The third-order valence-corrected chi connectivity index (χ3v) is 4.02. The molecule has 0 heterocycles. The summed E-state index contributed by atoms with van der Waals surface area (Å²) in [6.45, 7) is 5.14. The first kappa shape index (κ1) is 17.0. The van der Waals surface area contributed by atoms with Crippen LogP contribution in [0.5, 0.6) is 0 Å². The van der Waals surface area contributed by atoms with Crippen molar-refractivity contribution >= 4 is 35.1 Å². The van der Waals surface area contributed by atoms with Gasteiger partial charge in [-0.1, -0.05) is 13.8 Å². The van der Waals surface area contributed by atoms with E-state index in [4.69, 9.17) is 4.74 Å². The van der Waals surface area contributed by atoms with E-state index in [1.165, 1.54) is 0 Å². The minimum Gasteiger partial charge on any atom is -0.380 e. The molecule has 0 aromatic heterocycles. The summed E-state index contributed by atoms with van der Waals surface area (Å²) in [6, 6.07) is 0. The predicted octanol–water partition coefficient (Wildman–Crippen LogP) is 2.43. The average molecular weight is 278 g/mol. The zero-order chi connectivity index (χ0) is 12.9. The van der Waals surface area contributed by atoms with Crippen LogP contribution < -0.4 is 0 Å². The van der Waals surface area contributed by atoms with Crippen molar-refractivity contribution in [3.63, 3.8) is 0 Å². The lowest BCUT2D eigenvalue weighted by molar-refractivity contribution is -0.117. The first-order valence-electron chi connectivity index (χ1n) is 5.97. The average Bonchev–Trinajstić information content (AvgIpc) is 2.35. The predicted molar refractivity (Wildman–Crippen MR) is 76.1 cm³/mol. The van der Waals surface area contributed by atoms with E-state index in [0.29, 0.717) is 49.1 Å². The quantitative estimate of drug-likeness (QED) is 0.513. The van der Waals surface area contributed by atoms with Gasteiger partial charge in [0.2, 0.25) is 0 Å². The molecule has 3 nitrogen and oxygen atoms in total. The van der Waals surface area contributed by atoms with Crippen LogP contribution in [0, 0.1) is 0 Å². The van der Waals surface area contributed by atoms with E-state index in [9.17, 15) is 9.59 Å². The highest BCUT2D eigenvalue weighted by molar-refractivity contribution is 8.00. The second-order valence-corrected chi connectivity index (χ2v) is 5.71. The smallest absolute Gasteiger partial charge is 0.142 e. The molecule has 0 aliphatic rings. The summed E-state index contributed by atoms with van der Waals surface area (Å²) in [4.78, 5) is 22.0. The Bertz CT molecular complexity index is 198. The molecule has 0 atom stereocenters. The molecule has 17 heavy (non-hydrogen) atoms. The number of thioether (sulfide) groups is 2. The van der Waals surface area contributed by atoms with Gasteiger partial charge in [-0.25, -0.2) is 0 Å². The molecular formula is C12H22O3S2. The van der Waals surface area contributed by atoms with Gasteiger partial charge in [-0.15, -0.1) is 0 Å². The molecule has 0 aromatic carbocycles. The Hall–Kier alpha value is -0.0000000000000000555. The zero-order valence-electron chi connectivity index (χ0n) is 10.7. The van der Waals surface area contributed by atoms with Crippen LogP contribution in [0.15, 0.2) is 0 Å². The van der Waals surface area contributed by atoms with Gasteiger partial charge in [0.25, 0.3) is 0 Å². The zero-order valence-corrected chi connectivity index (χ0v) is 12.3. The van der Waals surface area contributed by atoms with E-state index < -0.39 is 0 Å². The van der Waals surface area contributed by atoms with Gasteiger partial charge in [0, 0.05) is 24.3 Å². The van der Waals surface area contributed by atoms with Crippen LogP contribution in [-0.4, -0.2) is 47.8 Å². The molecule has 0 aliphatic carbocycles. The number of hydrogen-bond acceptors (Lipinski definition) is 5. The van der Waals surface area contributed by atoms with Crippen LogP contribution >= 0.6 is 23.5 Å². The molecule has 0 amide bonds. The molecule has 0 aromatic rings. The first-order valence-corrected chi connectivity index (χ1v) is 8.28. The fourth-order valence-electron chi connectivity index (χ4n) is 0.914. The van der Waals surface area contributed by atoms with Crippen molar-refractivity contribution in [3.05, 3.63) is 0 Å². The number of rotatable bonds is 12. The van der Waals surface area contributed by atoms with Gasteiger partial charge in [-0.05, 0) is 0 Å². The van der Waals surface area contributed by atoms with E-state index >= 15 is 0 Å². The molecule has 0 saturated carbocycles. The molecule has 0 spiro atoms.